The predicted molar refractivity (Wildman–Crippen MR) is 111 cm³/mol. The minimum absolute atomic E-state index is 0.111. The molecule has 0 bridgehead atoms. The number of fused-ring (bicyclic) bond motifs is 1. The van der Waals surface area contributed by atoms with Crippen LogP contribution in [0.25, 0.3) is 0 Å². The highest BCUT2D eigenvalue weighted by molar-refractivity contribution is 6.09. The second-order valence-electron chi connectivity index (χ2n) is 7.93. The van der Waals surface area contributed by atoms with Crippen LogP contribution in [0.5, 0.6) is 11.5 Å². The fourth-order valence-corrected chi connectivity index (χ4v) is 4.09. The Morgan fingerprint density at radius 2 is 1.81 bits per heavy atom. The molecule has 166 valence electrons. The standard InChI is InChI=1S/C21H22N6O5/c1-21(14-3-4-15-16(11-14)32-13-31-15)18(29)27(20(30)24-21)12-17(28)25-7-9-26(10-8-25)19-22-5-2-6-23-19/h2-6,11H,7-10,12-13H2,1H3,(H,24,30)/t21-/m1/s1. The Bertz CT molecular complexity index is 1070. The summed E-state index contributed by atoms with van der Waals surface area (Å²) in [5, 5.41) is 2.72. The van der Waals surface area contributed by atoms with E-state index in [1.165, 1.54) is 0 Å². The zero-order valence-corrected chi connectivity index (χ0v) is 17.5. The van der Waals surface area contributed by atoms with Crippen molar-refractivity contribution in [2.45, 2.75) is 12.5 Å². The highest BCUT2D eigenvalue weighted by Crippen LogP contribution is 2.37. The summed E-state index contributed by atoms with van der Waals surface area (Å²) in [6.07, 6.45) is 3.35. The molecule has 3 aliphatic heterocycles. The van der Waals surface area contributed by atoms with Gasteiger partial charge >= 0.3 is 6.03 Å². The number of hydrogen-bond acceptors (Lipinski definition) is 8. The summed E-state index contributed by atoms with van der Waals surface area (Å²) in [4.78, 5) is 51.7. The second-order valence-corrected chi connectivity index (χ2v) is 7.93. The molecule has 4 amide bonds. The highest BCUT2D eigenvalue weighted by Gasteiger charge is 2.50. The number of carbonyl (C=O) groups excluding carboxylic acids is 3. The van der Waals surface area contributed by atoms with Crippen molar-refractivity contribution in [3.05, 3.63) is 42.2 Å². The Morgan fingerprint density at radius 1 is 1.09 bits per heavy atom. The number of ether oxygens (including phenoxy) is 2. The van der Waals surface area contributed by atoms with Gasteiger partial charge in [0.2, 0.25) is 18.6 Å². The number of amides is 4. The minimum atomic E-state index is -1.29. The van der Waals surface area contributed by atoms with Gasteiger partial charge in [0, 0.05) is 38.6 Å². The molecule has 0 unspecified atom stereocenters. The van der Waals surface area contributed by atoms with Crippen molar-refractivity contribution in [1.29, 1.82) is 0 Å². The van der Waals surface area contributed by atoms with Crippen LogP contribution in [-0.4, -0.2) is 77.1 Å². The van der Waals surface area contributed by atoms with Crippen molar-refractivity contribution < 1.29 is 23.9 Å². The van der Waals surface area contributed by atoms with Crippen molar-refractivity contribution in [2.24, 2.45) is 0 Å². The van der Waals surface area contributed by atoms with E-state index < -0.39 is 17.5 Å². The van der Waals surface area contributed by atoms with Crippen LogP contribution in [0.15, 0.2) is 36.7 Å². The third kappa shape index (κ3) is 3.35. The van der Waals surface area contributed by atoms with E-state index in [4.69, 9.17) is 9.47 Å². The second kappa shape index (κ2) is 7.66. The number of hydrogen-bond donors (Lipinski definition) is 1. The number of nitrogens with zero attached hydrogens (tertiary/aromatic N) is 5. The molecule has 0 radical (unpaired) electrons. The first-order valence-electron chi connectivity index (χ1n) is 10.3. The molecular weight excluding hydrogens is 416 g/mol. The summed E-state index contributed by atoms with van der Waals surface area (Å²) in [5.41, 5.74) is -0.728. The number of nitrogens with one attached hydrogen (secondary N) is 1. The van der Waals surface area contributed by atoms with Gasteiger partial charge in [-0.15, -0.1) is 0 Å². The molecule has 11 heteroatoms. The number of piperazine rings is 1. The molecule has 0 saturated carbocycles. The Labute approximate surface area is 183 Å². The lowest BCUT2D eigenvalue weighted by atomic mass is 9.91. The van der Waals surface area contributed by atoms with Gasteiger partial charge in [-0.25, -0.2) is 14.8 Å². The van der Waals surface area contributed by atoms with Crippen LogP contribution in [0.1, 0.15) is 12.5 Å². The third-order valence-corrected chi connectivity index (χ3v) is 5.99. The first-order valence-corrected chi connectivity index (χ1v) is 10.3. The van der Waals surface area contributed by atoms with Crippen LogP contribution in [0.2, 0.25) is 0 Å². The molecule has 0 spiro atoms. The maximum absolute atomic E-state index is 13.2. The van der Waals surface area contributed by atoms with Crippen LogP contribution < -0.4 is 19.7 Å². The summed E-state index contributed by atoms with van der Waals surface area (Å²) in [5.74, 6) is 0.957. The number of imide groups is 1. The molecule has 1 aromatic carbocycles. The topological polar surface area (TPSA) is 117 Å². The highest BCUT2D eigenvalue weighted by atomic mass is 16.7. The van der Waals surface area contributed by atoms with Crippen LogP contribution >= 0.6 is 0 Å². The monoisotopic (exact) mass is 438 g/mol. The first kappa shape index (κ1) is 20.0. The lowest BCUT2D eigenvalue weighted by Crippen LogP contribution is -2.52. The largest absolute Gasteiger partial charge is 0.454 e. The van der Waals surface area contributed by atoms with E-state index in [9.17, 15) is 14.4 Å². The predicted octanol–water partition coefficient (Wildman–Crippen LogP) is 0.321. The molecule has 2 saturated heterocycles. The number of anilines is 1. The van der Waals surface area contributed by atoms with Crippen molar-refractivity contribution in [1.82, 2.24) is 25.1 Å². The lowest BCUT2D eigenvalue weighted by molar-refractivity contribution is -0.139. The summed E-state index contributed by atoms with van der Waals surface area (Å²) in [7, 11) is 0. The van der Waals surface area contributed by atoms with Gasteiger partial charge in [-0.2, -0.15) is 0 Å². The Morgan fingerprint density at radius 3 is 2.56 bits per heavy atom. The van der Waals surface area contributed by atoms with Gasteiger partial charge in [0.15, 0.2) is 11.5 Å². The number of urea groups is 1. The molecule has 11 nitrogen and oxygen atoms in total. The third-order valence-electron chi connectivity index (χ3n) is 5.99. The molecule has 4 heterocycles. The summed E-state index contributed by atoms with van der Waals surface area (Å²) >= 11 is 0. The average Bonchev–Trinajstić information content (AvgIpc) is 3.38. The van der Waals surface area contributed by atoms with Crippen LogP contribution in [0.3, 0.4) is 0 Å². The zero-order valence-electron chi connectivity index (χ0n) is 17.5. The molecule has 32 heavy (non-hydrogen) atoms. The lowest BCUT2D eigenvalue weighted by Gasteiger charge is -2.35. The smallest absolute Gasteiger partial charge is 0.325 e. The van der Waals surface area contributed by atoms with Crippen LogP contribution in [-0.2, 0) is 15.1 Å². The van der Waals surface area contributed by atoms with Gasteiger partial charge in [0.05, 0.1) is 0 Å². The molecule has 2 fully saturated rings. The van der Waals surface area contributed by atoms with E-state index >= 15 is 0 Å². The van der Waals surface area contributed by atoms with Crippen molar-refractivity contribution in [3.8, 4) is 11.5 Å². The van der Waals surface area contributed by atoms with Gasteiger partial charge in [0.1, 0.15) is 12.1 Å². The van der Waals surface area contributed by atoms with Gasteiger partial charge in [0.25, 0.3) is 5.91 Å². The fourth-order valence-electron chi connectivity index (χ4n) is 4.09. The van der Waals surface area contributed by atoms with Gasteiger partial charge < -0.3 is 24.6 Å². The molecule has 5 rings (SSSR count). The van der Waals surface area contributed by atoms with E-state index in [-0.39, 0.29) is 19.2 Å². The number of rotatable bonds is 4. The van der Waals surface area contributed by atoms with E-state index in [0.717, 1.165) is 4.90 Å². The maximum Gasteiger partial charge on any atom is 0.325 e. The molecule has 1 atom stereocenters. The van der Waals surface area contributed by atoms with Gasteiger partial charge in [-0.3, -0.25) is 14.5 Å². The van der Waals surface area contributed by atoms with E-state index in [0.29, 0.717) is 49.2 Å². The number of aromatic nitrogens is 2. The summed E-state index contributed by atoms with van der Waals surface area (Å²) < 4.78 is 10.7. The summed E-state index contributed by atoms with van der Waals surface area (Å²) in [6.45, 7) is 3.48. The Hall–Kier alpha value is -3.89. The number of carbonyl (C=O) groups is 3. The quantitative estimate of drug-likeness (QED) is 0.679. The molecule has 0 aliphatic carbocycles. The van der Waals surface area contributed by atoms with E-state index in [1.54, 1.807) is 48.5 Å². The zero-order chi connectivity index (χ0) is 22.3. The van der Waals surface area contributed by atoms with E-state index in [2.05, 4.69) is 15.3 Å². The average molecular weight is 438 g/mol. The normalized spacial score (nSPS) is 22.3. The van der Waals surface area contributed by atoms with Crippen LogP contribution in [0.4, 0.5) is 10.7 Å². The maximum atomic E-state index is 13.2. The van der Waals surface area contributed by atoms with Crippen LogP contribution in [0, 0.1) is 0 Å². The Kier molecular flexibility index (Phi) is 4.80. The molecule has 3 aliphatic rings. The van der Waals surface area contributed by atoms with Gasteiger partial charge in [-0.05, 0) is 30.7 Å². The minimum Gasteiger partial charge on any atom is -0.454 e. The Balaban J connectivity index is 1.24. The molecular formula is C21H22N6O5. The van der Waals surface area contributed by atoms with Crippen molar-refractivity contribution >= 4 is 23.8 Å². The van der Waals surface area contributed by atoms with Crippen molar-refractivity contribution in [2.75, 3.05) is 44.4 Å². The van der Waals surface area contributed by atoms with Gasteiger partial charge in [-0.1, -0.05) is 6.07 Å². The SMILES string of the molecule is C[C@]1(c2ccc3c(c2)OCO3)NC(=O)N(CC(=O)N2CCN(c3ncccn3)CC2)C1=O. The van der Waals surface area contributed by atoms with E-state index in [1.807, 2.05) is 4.90 Å². The molecule has 2 aromatic rings. The van der Waals surface area contributed by atoms with Crippen molar-refractivity contribution in [3.63, 3.8) is 0 Å². The first-order chi connectivity index (χ1) is 15.5. The fraction of sp³-hybridized carbons (Fsp3) is 0.381. The molecule has 1 N–H and O–H groups in total. The molecule has 1 aromatic heterocycles. The summed E-state index contributed by atoms with van der Waals surface area (Å²) in [6, 6.07) is 6.24. The number of benzene rings is 1.